The summed E-state index contributed by atoms with van der Waals surface area (Å²) in [5.74, 6) is 0. The van der Waals surface area contributed by atoms with Crippen molar-refractivity contribution in [3.05, 3.63) is 102 Å². The summed E-state index contributed by atoms with van der Waals surface area (Å²) in [5.41, 5.74) is 3.47. The first-order chi connectivity index (χ1) is 13.8. The second-order valence-electron chi connectivity index (χ2n) is 6.38. The van der Waals surface area contributed by atoms with E-state index in [2.05, 4.69) is 89.8 Å². The summed E-state index contributed by atoms with van der Waals surface area (Å²) in [5, 5.41) is 0.814. The molecule has 0 aromatic heterocycles. The Hall–Kier alpha value is -2.33. The Morgan fingerprint density at radius 2 is 1.07 bits per heavy atom. The lowest BCUT2D eigenvalue weighted by Crippen LogP contribution is -2.11. The highest BCUT2D eigenvalue weighted by atomic mass is 35.5. The molecule has 136 valence electrons. The van der Waals surface area contributed by atoms with Crippen molar-refractivity contribution in [1.82, 2.24) is 0 Å². The zero-order valence-corrected chi connectivity index (χ0v) is 17.3. The molecular weight excluding hydrogens is 402 g/mol. The minimum atomic E-state index is 0.814. The van der Waals surface area contributed by atoms with E-state index in [4.69, 9.17) is 11.6 Å². The van der Waals surface area contributed by atoms with E-state index >= 15 is 0 Å². The van der Waals surface area contributed by atoms with E-state index in [9.17, 15) is 0 Å². The molecule has 28 heavy (non-hydrogen) atoms. The molecule has 0 fully saturated rings. The van der Waals surface area contributed by atoms with Gasteiger partial charge >= 0.3 is 0 Å². The molecule has 1 heterocycles. The molecule has 5 rings (SSSR count). The van der Waals surface area contributed by atoms with Crippen LogP contribution in [0.3, 0.4) is 0 Å². The van der Waals surface area contributed by atoms with Crippen LogP contribution in [0.1, 0.15) is 0 Å². The minimum Gasteiger partial charge on any atom is -0.309 e. The highest BCUT2D eigenvalue weighted by Gasteiger charge is 2.25. The fourth-order valence-electron chi connectivity index (χ4n) is 3.33. The number of nitrogens with zero attached hydrogens (tertiary/aromatic N) is 1. The summed E-state index contributed by atoms with van der Waals surface area (Å²) in [7, 11) is 0. The van der Waals surface area contributed by atoms with Gasteiger partial charge in [0.15, 0.2) is 0 Å². The van der Waals surface area contributed by atoms with Crippen molar-refractivity contribution in [2.24, 2.45) is 0 Å². The van der Waals surface area contributed by atoms with E-state index in [0.717, 1.165) is 21.3 Å². The van der Waals surface area contributed by atoms with Crippen LogP contribution in [-0.4, -0.2) is 0 Å². The van der Waals surface area contributed by atoms with E-state index < -0.39 is 0 Å². The van der Waals surface area contributed by atoms with E-state index in [1.54, 1.807) is 23.5 Å². The Morgan fingerprint density at radius 1 is 0.536 bits per heavy atom. The predicted molar refractivity (Wildman–Crippen MR) is 121 cm³/mol. The van der Waals surface area contributed by atoms with Gasteiger partial charge in [0.25, 0.3) is 0 Å². The van der Waals surface area contributed by atoms with Crippen molar-refractivity contribution >= 4 is 52.2 Å². The Balaban J connectivity index is 1.68. The number of hydrogen-bond acceptors (Lipinski definition) is 3. The van der Waals surface area contributed by atoms with Crippen LogP contribution in [0.4, 0.5) is 17.1 Å². The number of halogens is 1. The van der Waals surface area contributed by atoms with E-state index in [1.807, 2.05) is 12.1 Å². The lowest BCUT2D eigenvalue weighted by molar-refractivity contribution is 1.12. The first kappa shape index (κ1) is 17.7. The SMILES string of the molecule is Clc1cccc2c1Sc1cccc(N(c3ccccc3)c3ccccc3)c1S2. The van der Waals surface area contributed by atoms with Gasteiger partial charge in [-0.3, -0.25) is 0 Å². The van der Waals surface area contributed by atoms with Gasteiger partial charge in [0.1, 0.15) is 0 Å². The third-order valence-corrected chi connectivity index (χ3v) is 7.67. The van der Waals surface area contributed by atoms with Gasteiger partial charge in [0.2, 0.25) is 0 Å². The Kier molecular flexibility index (Phi) is 4.81. The number of benzene rings is 4. The molecule has 4 aromatic rings. The molecule has 0 amide bonds. The number of anilines is 3. The molecule has 0 saturated heterocycles. The average molecular weight is 418 g/mol. The molecule has 0 unspecified atom stereocenters. The first-order valence-corrected chi connectivity index (χ1v) is 11.0. The average Bonchev–Trinajstić information content (AvgIpc) is 2.75. The standard InChI is InChI=1S/C24H16ClNS2/c25-19-13-7-15-21-23(19)27-22-16-8-14-20(24(22)28-21)26(17-9-3-1-4-10-17)18-11-5-2-6-12-18/h1-16H. The van der Waals surface area contributed by atoms with Crippen molar-refractivity contribution in [2.45, 2.75) is 19.6 Å². The molecule has 0 saturated carbocycles. The van der Waals surface area contributed by atoms with Crippen molar-refractivity contribution in [3.8, 4) is 0 Å². The van der Waals surface area contributed by atoms with Crippen LogP contribution in [0.15, 0.2) is 117 Å². The third kappa shape index (κ3) is 3.20. The number of hydrogen-bond donors (Lipinski definition) is 0. The quantitative estimate of drug-likeness (QED) is 0.290. The van der Waals surface area contributed by atoms with Gasteiger partial charge in [0.05, 0.1) is 15.6 Å². The second kappa shape index (κ2) is 7.59. The van der Waals surface area contributed by atoms with Gasteiger partial charge < -0.3 is 4.90 Å². The molecule has 0 bridgehead atoms. The van der Waals surface area contributed by atoms with Crippen LogP contribution < -0.4 is 4.90 Å². The fourth-order valence-corrected chi connectivity index (χ4v) is 6.08. The summed E-state index contributed by atoms with van der Waals surface area (Å²) in [6, 6.07) is 33.7. The number of para-hydroxylation sites is 2. The van der Waals surface area contributed by atoms with E-state index in [0.29, 0.717) is 0 Å². The van der Waals surface area contributed by atoms with Crippen LogP contribution in [-0.2, 0) is 0 Å². The van der Waals surface area contributed by atoms with E-state index in [-0.39, 0.29) is 0 Å². The van der Waals surface area contributed by atoms with Gasteiger partial charge in [-0.05, 0) is 48.5 Å². The predicted octanol–water partition coefficient (Wildman–Crippen LogP) is 8.43. The summed E-state index contributed by atoms with van der Waals surface area (Å²) in [4.78, 5) is 7.17. The highest BCUT2D eigenvalue weighted by Crippen LogP contribution is 2.55. The molecule has 0 atom stereocenters. The lowest BCUT2D eigenvalue weighted by atomic mass is 10.2. The zero-order chi connectivity index (χ0) is 18.9. The fraction of sp³-hybridized carbons (Fsp3) is 0. The Morgan fingerprint density at radius 3 is 1.71 bits per heavy atom. The zero-order valence-electron chi connectivity index (χ0n) is 14.9. The highest BCUT2D eigenvalue weighted by molar-refractivity contribution is 8.05. The molecule has 1 aliphatic rings. The molecule has 0 N–H and O–H groups in total. The largest absolute Gasteiger partial charge is 0.309 e. The van der Waals surface area contributed by atoms with E-state index in [1.165, 1.54) is 20.4 Å². The monoisotopic (exact) mass is 417 g/mol. The van der Waals surface area contributed by atoms with Crippen LogP contribution in [0, 0.1) is 0 Å². The number of rotatable bonds is 3. The lowest BCUT2D eigenvalue weighted by Gasteiger charge is -2.30. The van der Waals surface area contributed by atoms with Crippen molar-refractivity contribution in [2.75, 3.05) is 4.90 Å². The summed E-state index contributed by atoms with van der Waals surface area (Å²) in [6.45, 7) is 0. The molecule has 0 aliphatic carbocycles. The van der Waals surface area contributed by atoms with Gasteiger partial charge in [-0.2, -0.15) is 0 Å². The van der Waals surface area contributed by atoms with Crippen LogP contribution in [0.5, 0.6) is 0 Å². The summed E-state index contributed by atoms with van der Waals surface area (Å²) in [6.07, 6.45) is 0. The molecular formula is C24H16ClNS2. The minimum absolute atomic E-state index is 0.814. The second-order valence-corrected chi connectivity index (χ2v) is 8.89. The Bertz CT molecular complexity index is 1090. The third-order valence-electron chi connectivity index (χ3n) is 4.58. The van der Waals surface area contributed by atoms with Crippen LogP contribution >= 0.6 is 35.1 Å². The van der Waals surface area contributed by atoms with Gasteiger partial charge in [-0.25, -0.2) is 0 Å². The maximum absolute atomic E-state index is 6.46. The van der Waals surface area contributed by atoms with Crippen LogP contribution in [0.25, 0.3) is 0 Å². The van der Waals surface area contributed by atoms with Gasteiger partial charge in [0, 0.05) is 26.1 Å². The first-order valence-electron chi connectivity index (χ1n) is 8.99. The summed E-state index contributed by atoms with van der Waals surface area (Å²) < 4.78 is 0. The van der Waals surface area contributed by atoms with Crippen molar-refractivity contribution < 1.29 is 0 Å². The van der Waals surface area contributed by atoms with Crippen molar-refractivity contribution in [3.63, 3.8) is 0 Å². The molecule has 4 aromatic carbocycles. The number of fused-ring (bicyclic) bond motifs is 2. The summed E-state index contributed by atoms with van der Waals surface area (Å²) >= 11 is 10.0. The van der Waals surface area contributed by atoms with Gasteiger partial charge in [-0.15, -0.1) is 0 Å². The molecule has 1 nitrogen and oxygen atoms in total. The van der Waals surface area contributed by atoms with Crippen LogP contribution in [0.2, 0.25) is 5.02 Å². The molecule has 1 aliphatic heterocycles. The Labute approximate surface area is 178 Å². The maximum Gasteiger partial charge on any atom is 0.0612 e. The molecule has 4 heteroatoms. The molecule has 0 spiro atoms. The normalized spacial score (nSPS) is 12.2. The smallest absolute Gasteiger partial charge is 0.0612 e. The molecule has 0 radical (unpaired) electrons. The van der Waals surface area contributed by atoms with Gasteiger partial charge in [-0.1, -0.05) is 83.7 Å². The maximum atomic E-state index is 6.46. The van der Waals surface area contributed by atoms with Crippen molar-refractivity contribution in [1.29, 1.82) is 0 Å². The topological polar surface area (TPSA) is 3.24 Å².